The third-order valence-corrected chi connectivity index (χ3v) is 3.95. The van der Waals surface area contributed by atoms with Crippen molar-refractivity contribution in [2.75, 3.05) is 18.5 Å². The molecule has 0 radical (unpaired) electrons. The number of para-hydroxylation sites is 1. The molecule has 0 aliphatic heterocycles. The summed E-state index contributed by atoms with van der Waals surface area (Å²) in [6.07, 6.45) is 0.870. The summed E-state index contributed by atoms with van der Waals surface area (Å²) < 4.78 is 0. The van der Waals surface area contributed by atoms with Crippen molar-refractivity contribution < 1.29 is 0 Å². The minimum absolute atomic E-state index is 0.0323. The largest absolute Gasteiger partial charge is 0.374 e. The molecule has 0 saturated carbocycles. The summed E-state index contributed by atoms with van der Waals surface area (Å²) in [5.41, 5.74) is 9.80. The molecular formula is C17H21ClN2. The summed E-state index contributed by atoms with van der Waals surface area (Å²) in [7, 11) is 2.10. The topological polar surface area (TPSA) is 29.3 Å². The first kappa shape index (κ1) is 14.9. The zero-order valence-corrected chi connectivity index (χ0v) is 12.8. The van der Waals surface area contributed by atoms with Crippen molar-refractivity contribution in [3.8, 4) is 0 Å². The fourth-order valence-electron chi connectivity index (χ4n) is 2.38. The molecule has 0 saturated heterocycles. The molecule has 2 nitrogen and oxygen atoms in total. The minimum Gasteiger partial charge on any atom is -0.374 e. The first-order valence-corrected chi connectivity index (χ1v) is 7.24. The Bertz CT molecular complexity index is 517. The number of aryl methyl sites for hydroxylation is 1. The van der Waals surface area contributed by atoms with Gasteiger partial charge in [0.2, 0.25) is 0 Å². The molecule has 3 heteroatoms. The van der Waals surface area contributed by atoms with Crippen molar-refractivity contribution in [2.45, 2.75) is 19.4 Å². The number of nitrogens with zero attached hydrogens (tertiary/aromatic N) is 1. The standard InChI is InChI=1S/C17H21ClN2/c1-13-7-3-6-10-17(13)20(2)12-11-16(19)14-8-4-5-9-15(14)18/h3-10,16H,11-12,19H2,1-2H3. The molecule has 20 heavy (non-hydrogen) atoms. The molecule has 0 amide bonds. The SMILES string of the molecule is Cc1ccccc1N(C)CCC(N)c1ccccc1Cl. The average molecular weight is 289 g/mol. The molecule has 0 bridgehead atoms. The Morgan fingerprint density at radius 2 is 1.75 bits per heavy atom. The minimum atomic E-state index is -0.0323. The second-order valence-corrected chi connectivity index (χ2v) is 5.53. The van der Waals surface area contributed by atoms with E-state index in [2.05, 4.69) is 43.1 Å². The normalized spacial score (nSPS) is 12.2. The van der Waals surface area contributed by atoms with Crippen LogP contribution in [-0.4, -0.2) is 13.6 Å². The number of nitrogens with two attached hydrogens (primary N) is 1. The van der Waals surface area contributed by atoms with Crippen LogP contribution in [-0.2, 0) is 0 Å². The summed E-state index contributed by atoms with van der Waals surface area (Å²) in [6, 6.07) is 16.1. The van der Waals surface area contributed by atoms with E-state index in [1.165, 1.54) is 11.3 Å². The van der Waals surface area contributed by atoms with Gasteiger partial charge in [-0.05, 0) is 36.6 Å². The first-order valence-electron chi connectivity index (χ1n) is 6.86. The molecule has 2 rings (SSSR count). The van der Waals surface area contributed by atoms with E-state index >= 15 is 0 Å². The number of hydrogen-bond acceptors (Lipinski definition) is 2. The van der Waals surface area contributed by atoms with E-state index in [1.54, 1.807) is 0 Å². The van der Waals surface area contributed by atoms with E-state index in [9.17, 15) is 0 Å². The summed E-state index contributed by atoms with van der Waals surface area (Å²) >= 11 is 6.18. The molecule has 0 aliphatic rings. The van der Waals surface area contributed by atoms with Gasteiger partial charge in [-0.3, -0.25) is 0 Å². The van der Waals surface area contributed by atoms with Crippen LogP contribution >= 0.6 is 11.6 Å². The predicted molar refractivity (Wildman–Crippen MR) is 87.4 cm³/mol. The summed E-state index contributed by atoms with van der Waals surface area (Å²) in [4.78, 5) is 2.24. The highest BCUT2D eigenvalue weighted by molar-refractivity contribution is 6.31. The van der Waals surface area contributed by atoms with Crippen molar-refractivity contribution in [3.05, 3.63) is 64.7 Å². The van der Waals surface area contributed by atoms with Crippen LogP contribution in [0.2, 0.25) is 5.02 Å². The quantitative estimate of drug-likeness (QED) is 0.894. The third kappa shape index (κ3) is 3.53. The van der Waals surface area contributed by atoms with Crippen molar-refractivity contribution >= 4 is 17.3 Å². The Balaban J connectivity index is 1.99. The maximum Gasteiger partial charge on any atom is 0.0453 e. The highest BCUT2D eigenvalue weighted by Gasteiger charge is 2.11. The molecule has 0 aliphatic carbocycles. The molecule has 0 spiro atoms. The third-order valence-electron chi connectivity index (χ3n) is 3.61. The summed E-state index contributed by atoms with van der Waals surface area (Å²) in [6.45, 7) is 3.02. The number of benzene rings is 2. The molecule has 1 atom stereocenters. The van der Waals surface area contributed by atoms with Crippen LogP contribution in [0.15, 0.2) is 48.5 Å². The second-order valence-electron chi connectivity index (χ2n) is 5.12. The van der Waals surface area contributed by atoms with E-state index in [0.717, 1.165) is 23.6 Å². The second kappa shape index (κ2) is 6.78. The highest BCUT2D eigenvalue weighted by atomic mass is 35.5. The lowest BCUT2D eigenvalue weighted by molar-refractivity contribution is 0.645. The number of rotatable bonds is 5. The van der Waals surface area contributed by atoms with Crippen LogP contribution in [0.25, 0.3) is 0 Å². The Labute approximate surface area is 126 Å². The van der Waals surface area contributed by atoms with Gasteiger partial charge in [0, 0.05) is 30.3 Å². The smallest absolute Gasteiger partial charge is 0.0453 e. The average Bonchev–Trinajstić information content (AvgIpc) is 2.45. The van der Waals surface area contributed by atoms with Crippen molar-refractivity contribution in [3.63, 3.8) is 0 Å². The van der Waals surface area contributed by atoms with Gasteiger partial charge in [-0.15, -0.1) is 0 Å². The molecule has 0 fully saturated rings. The van der Waals surface area contributed by atoms with Crippen LogP contribution in [0.3, 0.4) is 0 Å². The van der Waals surface area contributed by atoms with Crippen LogP contribution < -0.4 is 10.6 Å². The molecule has 2 aromatic carbocycles. The molecule has 2 aromatic rings. The zero-order chi connectivity index (χ0) is 14.5. The molecule has 106 valence electrons. The van der Waals surface area contributed by atoms with Gasteiger partial charge in [0.05, 0.1) is 0 Å². The van der Waals surface area contributed by atoms with Crippen LogP contribution in [0.5, 0.6) is 0 Å². The van der Waals surface area contributed by atoms with E-state index in [4.69, 9.17) is 17.3 Å². The van der Waals surface area contributed by atoms with E-state index in [0.29, 0.717) is 0 Å². The predicted octanol–water partition coefficient (Wildman–Crippen LogP) is 4.17. The Morgan fingerprint density at radius 1 is 1.10 bits per heavy atom. The molecule has 1 unspecified atom stereocenters. The van der Waals surface area contributed by atoms with Crippen LogP contribution in [0, 0.1) is 6.92 Å². The van der Waals surface area contributed by atoms with Gasteiger partial charge in [0.25, 0.3) is 0 Å². The number of halogens is 1. The molecule has 0 aromatic heterocycles. The highest BCUT2D eigenvalue weighted by Crippen LogP contribution is 2.24. The van der Waals surface area contributed by atoms with Gasteiger partial charge in [0.15, 0.2) is 0 Å². The Hall–Kier alpha value is -1.51. The lowest BCUT2D eigenvalue weighted by Gasteiger charge is -2.23. The molecule has 0 heterocycles. The Kier molecular flexibility index (Phi) is 5.05. The molecule has 2 N–H and O–H groups in total. The summed E-state index contributed by atoms with van der Waals surface area (Å²) in [5, 5.41) is 0.749. The van der Waals surface area contributed by atoms with E-state index in [1.807, 2.05) is 24.3 Å². The van der Waals surface area contributed by atoms with Gasteiger partial charge < -0.3 is 10.6 Å². The lowest BCUT2D eigenvalue weighted by atomic mass is 10.0. The van der Waals surface area contributed by atoms with E-state index < -0.39 is 0 Å². The first-order chi connectivity index (χ1) is 9.59. The van der Waals surface area contributed by atoms with Gasteiger partial charge in [-0.2, -0.15) is 0 Å². The lowest BCUT2D eigenvalue weighted by Crippen LogP contribution is -2.24. The van der Waals surface area contributed by atoms with Crippen molar-refractivity contribution in [1.29, 1.82) is 0 Å². The van der Waals surface area contributed by atoms with Gasteiger partial charge in [0.1, 0.15) is 0 Å². The van der Waals surface area contributed by atoms with E-state index in [-0.39, 0.29) is 6.04 Å². The van der Waals surface area contributed by atoms with Crippen LogP contribution in [0.4, 0.5) is 5.69 Å². The maximum absolute atomic E-state index is 6.25. The zero-order valence-electron chi connectivity index (χ0n) is 12.0. The molecular weight excluding hydrogens is 268 g/mol. The van der Waals surface area contributed by atoms with Gasteiger partial charge in [-0.25, -0.2) is 0 Å². The fraction of sp³-hybridized carbons (Fsp3) is 0.294. The van der Waals surface area contributed by atoms with Crippen molar-refractivity contribution in [1.82, 2.24) is 0 Å². The van der Waals surface area contributed by atoms with Crippen molar-refractivity contribution in [2.24, 2.45) is 5.73 Å². The Morgan fingerprint density at radius 3 is 2.45 bits per heavy atom. The monoisotopic (exact) mass is 288 g/mol. The maximum atomic E-state index is 6.25. The van der Waals surface area contributed by atoms with Gasteiger partial charge >= 0.3 is 0 Å². The summed E-state index contributed by atoms with van der Waals surface area (Å²) in [5.74, 6) is 0. The fourth-order valence-corrected chi connectivity index (χ4v) is 2.65. The number of hydrogen-bond donors (Lipinski definition) is 1. The van der Waals surface area contributed by atoms with Crippen LogP contribution in [0.1, 0.15) is 23.6 Å². The van der Waals surface area contributed by atoms with Gasteiger partial charge in [-0.1, -0.05) is 48.0 Å². The number of anilines is 1.